The van der Waals surface area contributed by atoms with Gasteiger partial charge in [0.2, 0.25) is 0 Å². The van der Waals surface area contributed by atoms with E-state index in [4.69, 9.17) is 4.74 Å². The van der Waals surface area contributed by atoms with Gasteiger partial charge in [-0.3, -0.25) is 9.59 Å². The van der Waals surface area contributed by atoms with Gasteiger partial charge in [0.15, 0.2) is 0 Å². The summed E-state index contributed by atoms with van der Waals surface area (Å²) in [6, 6.07) is 19.4. The van der Waals surface area contributed by atoms with E-state index in [-0.39, 0.29) is 11.5 Å². The third-order valence-corrected chi connectivity index (χ3v) is 3.88. The van der Waals surface area contributed by atoms with Gasteiger partial charge in [0.05, 0.1) is 24.0 Å². The van der Waals surface area contributed by atoms with Gasteiger partial charge in [0, 0.05) is 11.6 Å². The van der Waals surface area contributed by atoms with Gasteiger partial charge in [-0.25, -0.2) is 4.39 Å². The van der Waals surface area contributed by atoms with Crippen molar-refractivity contribution in [2.24, 2.45) is 0 Å². The van der Waals surface area contributed by atoms with Crippen molar-refractivity contribution in [2.75, 3.05) is 17.7 Å². The Labute approximate surface area is 155 Å². The summed E-state index contributed by atoms with van der Waals surface area (Å²) < 4.78 is 19.0. The molecular weight excluding hydrogens is 347 g/mol. The van der Waals surface area contributed by atoms with Gasteiger partial charge in [-0.2, -0.15) is 0 Å². The Hall–Kier alpha value is -3.67. The predicted octanol–water partition coefficient (Wildman–Crippen LogP) is 4.34. The van der Waals surface area contributed by atoms with Gasteiger partial charge in [0.1, 0.15) is 11.6 Å². The molecule has 3 aromatic carbocycles. The Bertz CT molecular complexity index is 974. The second-order valence-electron chi connectivity index (χ2n) is 5.67. The van der Waals surface area contributed by atoms with Crippen molar-refractivity contribution in [2.45, 2.75) is 0 Å². The molecule has 0 spiro atoms. The van der Waals surface area contributed by atoms with Crippen LogP contribution >= 0.6 is 0 Å². The first-order valence-corrected chi connectivity index (χ1v) is 8.19. The molecular formula is C21H17FN2O3. The zero-order chi connectivity index (χ0) is 19.2. The highest BCUT2D eigenvalue weighted by molar-refractivity contribution is 6.10. The average molecular weight is 364 g/mol. The molecule has 0 radical (unpaired) electrons. The average Bonchev–Trinajstić information content (AvgIpc) is 2.69. The number of carbonyl (C=O) groups excluding carboxylic acids is 2. The Balaban J connectivity index is 1.80. The number of hydrogen-bond acceptors (Lipinski definition) is 3. The summed E-state index contributed by atoms with van der Waals surface area (Å²) in [5, 5.41) is 5.38. The van der Waals surface area contributed by atoms with Crippen LogP contribution in [0.15, 0.2) is 72.8 Å². The summed E-state index contributed by atoms with van der Waals surface area (Å²) in [6.45, 7) is 0. The molecule has 0 aliphatic rings. The predicted molar refractivity (Wildman–Crippen MR) is 102 cm³/mol. The Kier molecular flexibility index (Phi) is 5.47. The van der Waals surface area contributed by atoms with Crippen molar-refractivity contribution in [3.63, 3.8) is 0 Å². The number of ether oxygens (including phenoxy) is 1. The number of halogens is 1. The van der Waals surface area contributed by atoms with Crippen LogP contribution in [0.5, 0.6) is 5.75 Å². The first-order valence-electron chi connectivity index (χ1n) is 8.19. The van der Waals surface area contributed by atoms with Crippen molar-refractivity contribution >= 4 is 23.2 Å². The summed E-state index contributed by atoms with van der Waals surface area (Å²) in [7, 11) is 1.42. The minimum Gasteiger partial charge on any atom is -0.497 e. The number of hydrogen-bond donors (Lipinski definition) is 2. The van der Waals surface area contributed by atoms with Gasteiger partial charge in [-0.1, -0.05) is 30.3 Å². The van der Waals surface area contributed by atoms with E-state index in [0.29, 0.717) is 22.7 Å². The number of anilines is 2. The van der Waals surface area contributed by atoms with E-state index in [2.05, 4.69) is 10.6 Å². The van der Waals surface area contributed by atoms with Crippen LogP contribution in [0.3, 0.4) is 0 Å². The lowest BCUT2D eigenvalue weighted by Gasteiger charge is -2.13. The van der Waals surface area contributed by atoms with Crippen molar-refractivity contribution < 1.29 is 18.7 Å². The van der Waals surface area contributed by atoms with Crippen LogP contribution in [0, 0.1) is 5.82 Å². The number of nitrogens with one attached hydrogen (secondary N) is 2. The smallest absolute Gasteiger partial charge is 0.258 e. The van der Waals surface area contributed by atoms with Crippen molar-refractivity contribution in [3.05, 3.63) is 89.7 Å². The maximum atomic E-state index is 14.1. The minimum absolute atomic E-state index is 0.125. The largest absolute Gasteiger partial charge is 0.497 e. The third-order valence-electron chi connectivity index (χ3n) is 3.88. The minimum atomic E-state index is -0.697. The van der Waals surface area contributed by atoms with Crippen molar-refractivity contribution in [1.29, 1.82) is 0 Å². The fraction of sp³-hybridized carbons (Fsp3) is 0.0476. The summed E-state index contributed by atoms with van der Waals surface area (Å²) in [5.74, 6) is -1.32. The molecule has 27 heavy (non-hydrogen) atoms. The molecule has 0 aromatic heterocycles. The maximum absolute atomic E-state index is 14.1. The number of para-hydroxylation sites is 2. The number of methoxy groups -OCH3 is 1. The zero-order valence-corrected chi connectivity index (χ0v) is 14.5. The number of rotatable bonds is 5. The van der Waals surface area contributed by atoms with E-state index >= 15 is 0 Å². The van der Waals surface area contributed by atoms with Crippen LogP contribution in [0.25, 0.3) is 0 Å². The molecule has 6 heteroatoms. The van der Waals surface area contributed by atoms with Crippen LogP contribution in [0.2, 0.25) is 0 Å². The Morgan fingerprint density at radius 3 is 2.00 bits per heavy atom. The van der Waals surface area contributed by atoms with Crippen LogP contribution < -0.4 is 15.4 Å². The lowest BCUT2D eigenvalue weighted by atomic mass is 10.1. The molecule has 2 N–H and O–H groups in total. The van der Waals surface area contributed by atoms with Gasteiger partial charge in [-0.05, 0) is 36.4 Å². The second kappa shape index (κ2) is 8.14. The molecule has 0 heterocycles. The molecule has 0 aliphatic carbocycles. The van der Waals surface area contributed by atoms with E-state index in [1.165, 1.54) is 19.2 Å². The topological polar surface area (TPSA) is 67.4 Å². The monoisotopic (exact) mass is 364 g/mol. The standard InChI is InChI=1S/C21H17FN2O3/c1-27-15-11-12-16(17(22)13-15)21(26)24-19-10-6-5-9-18(19)23-20(25)14-7-3-2-4-8-14/h2-13H,1H3,(H,23,25)(H,24,26). The molecule has 3 aromatic rings. The Morgan fingerprint density at radius 2 is 1.41 bits per heavy atom. The second-order valence-corrected chi connectivity index (χ2v) is 5.67. The molecule has 0 fully saturated rings. The van der Waals surface area contributed by atoms with Crippen molar-refractivity contribution in [1.82, 2.24) is 0 Å². The SMILES string of the molecule is COc1ccc(C(=O)Nc2ccccc2NC(=O)c2ccccc2)c(F)c1. The molecule has 0 unspecified atom stereocenters. The summed E-state index contributed by atoms with van der Waals surface area (Å²) in [6.07, 6.45) is 0. The summed E-state index contributed by atoms with van der Waals surface area (Å²) >= 11 is 0. The molecule has 2 amide bonds. The third kappa shape index (κ3) is 4.30. The molecule has 3 rings (SSSR count). The molecule has 0 atom stereocenters. The van der Waals surface area contributed by atoms with Crippen LogP contribution in [-0.2, 0) is 0 Å². The normalized spacial score (nSPS) is 10.1. The fourth-order valence-electron chi connectivity index (χ4n) is 2.48. The van der Waals surface area contributed by atoms with E-state index in [1.807, 2.05) is 6.07 Å². The van der Waals surface area contributed by atoms with E-state index < -0.39 is 11.7 Å². The van der Waals surface area contributed by atoms with Gasteiger partial charge >= 0.3 is 0 Å². The van der Waals surface area contributed by atoms with Crippen LogP contribution in [-0.4, -0.2) is 18.9 Å². The van der Waals surface area contributed by atoms with Crippen molar-refractivity contribution in [3.8, 4) is 5.75 Å². The number of benzene rings is 3. The molecule has 5 nitrogen and oxygen atoms in total. The quantitative estimate of drug-likeness (QED) is 0.708. The van der Waals surface area contributed by atoms with E-state index in [9.17, 15) is 14.0 Å². The lowest BCUT2D eigenvalue weighted by Crippen LogP contribution is -2.17. The molecule has 0 saturated heterocycles. The van der Waals surface area contributed by atoms with Crippen LogP contribution in [0.1, 0.15) is 20.7 Å². The molecule has 0 saturated carbocycles. The lowest BCUT2D eigenvalue weighted by molar-refractivity contribution is 0.101. The number of carbonyl (C=O) groups is 2. The zero-order valence-electron chi connectivity index (χ0n) is 14.5. The molecule has 0 bridgehead atoms. The first kappa shape index (κ1) is 18.1. The highest BCUT2D eigenvalue weighted by Gasteiger charge is 2.15. The van der Waals surface area contributed by atoms with Crippen LogP contribution in [0.4, 0.5) is 15.8 Å². The highest BCUT2D eigenvalue weighted by Crippen LogP contribution is 2.24. The van der Waals surface area contributed by atoms with Gasteiger partial charge in [0.25, 0.3) is 11.8 Å². The first-order chi connectivity index (χ1) is 13.1. The van der Waals surface area contributed by atoms with E-state index in [1.54, 1.807) is 48.5 Å². The van der Waals surface area contributed by atoms with Gasteiger partial charge in [-0.15, -0.1) is 0 Å². The molecule has 0 aliphatic heterocycles. The van der Waals surface area contributed by atoms with E-state index in [0.717, 1.165) is 6.07 Å². The summed E-state index contributed by atoms with van der Waals surface area (Å²) in [4.78, 5) is 24.8. The Morgan fingerprint density at radius 1 is 0.815 bits per heavy atom. The summed E-state index contributed by atoms with van der Waals surface area (Å²) in [5.41, 5.74) is 1.13. The fourth-order valence-corrected chi connectivity index (χ4v) is 2.48. The van der Waals surface area contributed by atoms with Gasteiger partial charge < -0.3 is 15.4 Å². The highest BCUT2D eigenvalue weighted by atomic mass is 19.1. The number of amides is 2. The molecule has 136 valence electrons. The maximum Gasteiger partial charge on any atom is 0.258 e.